The van der Waals surface area contributed by atoms with Gasteiger partial charge in [-0.2, -0.15) is 4.98 Å². The van der Waals surface area contributed by atoms with E-state index in [2.05, 4.69) is 20.1 Å². The number of nitrogens with zero attached hydrogens (tertiary/aromatic N) is 3. The van der Waals surface area contributed by atoms with E-state index in [0.717, 1.165) is 30.8 Å². The Morgan fingerprint density at radius 2 is 2.11 bits per heavy atom. The molecule has 0 unspecified atom stereocenters. The molecule has 2 aromatic rings. The lowest BCUT2D eigenvalue weighted by Crippen LogP contribution is -2.44. The topological polar surface area (TPSA) is 93.6 Å². The predicted molar refractivity (Wildman–Crippen MR) is 70.3 cm³/mol. The highest BCUT2D eigenvalue weighted by molar-refractivity contribution is 5.46. The van der Waals surface area contributed by atoms with Crippen LogP contribution < -0.4 is 5.73 Å². The first-order chi connectivity index (χ1) is 8.88. The number of nitrogens with one attached hydrogen (secondary N) is 1. The van der Waals surface area contributed by atoms with Crippen molar-refractivity contribution in [1.82, 2.24) is 20.1 Å². The minimum absolute atomic E-state index is 0.131. The zero-order chi connectivity index (χ0) is 13.7. The van der Waals surface area contributed by atoms with Crippen LogP contribution in [0, 0.1) is 0 Å². The van der Waals surface area contributed by atoms with Gasteiger partial charge >= 0.3 is 0 Å². The Bertz CT molecular complexity index is 588. The largest absolute Gasteiger partial charge is 0.336 e. The first-order valence-electron chi connectivity index (χ1n) is 6.57. The van der Waals surface area contributed by atoms with Crippen molar-refractivity contribution >= 4 is 0 Å². The summed E-state index contributed by atoms with van der Waals surface area (Å²) in [5.74, 6) is 1.96. The summed E-state index contributed by atoms with van der Waals surface area (Å²) in [6, 6.07) is 0. The maximum atomic E-state index is 6.23. The molecule has 1 aliphatic rings. The molecule has 0 radical (unpaired) electrons. The molecule has 102 valence electrons. The Hall–Kier alpha value is -1.69. The number of nitrogens with two attached hydrogens (primary N) is 1. The van der Waals surface area contributed by atoms with E-state index < -0.39 is 0 Å². The summed E-state index contributed by atoms with van der Waals surface area (Å²) < 4.78 is 5.28. The van der Waals surface area contributed by atoms with E-state index in [1.807, 2.05) is 20.8 Å². The van der Waals surface area contributed by atoms with Crippen molar-refractivity contribution in [1.29, 1.82) is 0 Å². The number of aromatic amines is 1. The molecule has 6 nitrogen and oxygen atoms in total. The predicted octanol–water partition coefficient (Wildman–Crippen LogP) is 2.10. The van der Waals surface area contributed by atoms with Crippen LogP contribution >= 0.6 is 0 Å². The summed E-state index contributed by atoms with van der Waals surface area (Å²) in [5.41, 5.74) is 6.53. The highest BCUT2D eigenvalue weighted by Crippen LogP contribution is 2.37. The van der Waals surface area contributed by atoms with Crippen molar-refractivity contribution in [2.75, 3.05) is 0 Å². The highest BCUT2D eigenvalue weighted by Gasteiger charge is 2.37. The van der Waals surface area contributed by atoms with Gasteiger partial charge in [0.2, 0.25) is 0 Å². The van der Waals surface area contributed by atoms with Crippen molar-refractivity contribution in [3.63, 3.8) is 0 Å². The Kier molecular flexibility index (Phi) is 2.53. The summed E-state index contributed by atoms with van der Waals surface area (Å²) in [5, 5.41) is 4.00. The van der Waals surface area contributed by atoms with Gasteiger partial charge in [-0.3, -0.25) is 0 Å². The number of imidazole rings is 1. The van der Waals surface area contributed by atoms with E-state index in [1.54, 1.807) is 6.20 Å². The fraction of sp³-hybridized carbons (Fsp3) is 0.615. The number of hydrogen-bond donors (Lipinski definition) is 2. The molecular weight excluding hydrogens is 242 g/mol. The third kappa shape index (κ3) is 2.06. The third-order valence-corrected chi connectivity index (χ3v) is 3.62. The van der Waals surface area contributed by atoms with Gasteiger partial charge in [0.1, 0.15) is 11.5 Å². The molecule has 6 heteroatoms. The summed E-state index contributed by atoms with van der Waals surface area (Å²) in [6.45, 7) is 6.13. The van der Waals surface area contributed by atoms with Crippen molar-refractivity contribution < 1.29 is 4.52 Å². The fourth-order valence-electron chi connectivity index (χ4n) is 2.11. The van der Waals surface area contributed by atoms with Gasteiger partial charge in [-0.1, -0.05) is 25.9 Å². The van der Waals surface area contributed by atoms with Gasteiger partial charge in [0.15, 0.2) is 5.82 Å². The average Bonchev–Trinajstić information content (AvgIpc) is 2.93. The quantitative estimate of drug-likeness (QED) is 0.863. The number of rotatable bonds is 2. The van der Waals surface area contributed by atoms with Crippen molar-refractivity contribution in [3.8, 4) is 11.6 Å². The molecule has 2 heterocycles. The molecule has 0 amide bonds. The maximum Gasteiger partial charge on any atom is 0.276 e. The lowest BCUT2D eigenvalue weighted by molar-refractivity contribution is 0.240. The highest BCUT2D eigenvalue weighted by atomic mass is 16.5. The van der Waals surface area contributed by atoms with Gasteiger partial charge in [0.05, 0.1) is 11.7 Å². The molecule has 2 aromatic heterocycles. The summed E-state index contributed by atoms with van der Waals surface area (Å²) in [7, 11) is 0. The molecule has 0 bridgehead atoms. The molecule has 0 spiro atoms. The molecule has 0 atom stereocenters. The lowest BCUT2D eigenvalue weighted by Gasteiger charge is -2.35. The summed E-state index contributed by atoms with van der Waals surface area (Å²) in [6.07, 6.45) is 4.80. The molecule has 3 rings (SSSR count). The molecule has 0 aliphatic heterocycles. The molecule has 0 aromatic carbocycles. The van der Waals surface area contributed by atoms with E-state index in [0.29, 0.717) is 11.7 Å². The van der Waals surface area contributed by atoms with Crippen LogP contribution in [0.5, 0.6) is 0 Å². The summed E-state index contributed by atoms with van der Waals surface area (Å²) in [4.78, 5) is 12.0. The van der Waals surface area contributed by atoms with Gasteiger partial charge in [0.25, 0.3) is 5.89 Å². The molecule has 0 saturated heterocycles. The second-order valence-electron chi connectivity index (χ2n) is 6.33. The summed E-state index contributed by atoms with van der Waals surface area (Å²) >= 11 is 0. The SMILES string of the molecule is CC(C)(C)c1noc(-c2cnc(C3(N)CCC3)[nH]2)n1. The fourth-order valence-corrected chi connectivity index (χ4v) is 2.11. The molecule has 19 heavy (non-hydrogen) atoms. The monoisotopic (exact) mass is 261 g/mol. The number of hydrogen-bond acceptors (Lipinski definition) is 5. The molecule has 1 saturated carbocycles. The van der Waals surface area contributed by atoms with Crippen LogP contribution in [0.2, 0.25) is 0 Å². The first kappa shape index (κ1) is 12.3. The molecule has 1 aliphatic carbocycles. The van der Waals surface area contributed by atoms with Crippen molar-refractivity contribution in [2.45, 2.75) is 51.0 Å². The van der Waals surface area contributed by atoms with Crippen LogP contribution in [0.25, 0.3) is 11.6 Å². The van der Waals surface area contributed by atoms with Gasteiger partial charge in [-0.25, -0.2) is 4.98 Å². The third-order valence-electron chi connectivity index (χ3n) is 3.62. The second-order valence-corrected chi connectivity index (χ2v) is 6.33. The van der Waals surface area contributed by atoms with Crippen LogP contribution in [0.1, 0.15) is 51.7 Å². The van der Waals surface area contributed by atoms with Crippen LogP contribution in [-0.2, 0) is 11.0 Å². The zero-order valence-corrected chi connectivity index (χ0v) is 11.5. The first-order valence-corrected chi connectivity index (χ1v) is 6.57. The van der Waals surface area contributed by atoms with E-state index in [1.165, 1.54) is 0 Å². The molecular formula is C13H19N5O. The Morgan fingerprint density at radius 3 is 2.63 bits per heavy atom. The standard InChI is InChI=1S/C13H19N5O/c1-12(2,3)10-17-9(19-18-10)8-7-15-11(16-8)13(14)5-4-6-13/h7H,4-6,14H2,1-3H3,(H,15,16). The van der Waals surface area contributed by atoms with Crippen LogP contribution in [0.4, 0.5) is 0 Å². The van der Waals surface area contributed by atoms with E-state index >= 15 is 0 Å². The Labute approximate surface area is 111 Å². The van der Waals surface area contributed by atoms with Crippen LogP contribution in [0.15, 0.2) is 10.7 Å². The minimum Gasteiger partial charge on any atom is -0.336 e. The van der Waals surface area contributed by atoms with Gasteiger partial charge in [-0.05, 0) is 19.3 Å². The maximum absolute atomic E-state index is 6.23. The number of H-pyrrole nitrogens is 1. The smallest absolute Gasteiger partial charge is 0.276 e. The Balaban J connectivity index is 1.89. The van der Waals surface area contributed by atoms with E-state index in [4.69, 9.17) is 10.3 Å². The van der Waals surface area contributed by atoms with Crippen LogP contribution in [0.3, 0.4) is 0 Å². The van der Waals surface area contributed by atoms with E-state index in [9.17, 15) is 0 Å². The number of aromatic nitrogens is 4. The zero-order valence-electron chi connectivity index (χ0n) is 11.5. The Morgan fingerprint density at radius 1 is 1.37 bits per heavy atom. The molecule has 1 fully saturated rings. The van der Waals surface area contributed by atoms with Gasteiger partial charge < -0.3 is 15.2 Å². The second kappa shape index (κ2) is 3.90. The normalized spacial score (nSPS) is 18.3. The van der Waals surface area contributed by atoms with Gasteiger partial charge in [0, 0.05) is 5.41 Å². The van der Waals surface area contributed by atoms with Crippen molar-refractivity contribution in [3.05, 3.63) is 17.8 Å². The van der Waals surface area contributed by atoms with E-state index in [-0.39, 0.29) is 11.0 Å². The molecule has 3 N–H and O–H groups in total. The average molecular weight is 261 g/mol. The van der Waals surface area contributed by atoms with Gasteiger partial charge in [-0.15, -0.1) is 0 Å². The lowest BCUT2D eigenvalue weighted by atomic mass is 9.77. The minimum atomic E-state index is -0.300. The van der Waals surface area contributed by atoms with Crippen LogP contribution in [-0.4, -0.2) is 20.1 Å². The van der Waals surface area contributed by atoms with Crippen molar-refractivity contribution in [2.24, 2.45) is 5.73 Å².